The molecule has 0 saturated carbocycles. The van der Waals surface area contributed by atoms with Crippen LogP contribution in [0.1, 0.15) is 31.0 Å². The Hall–Kier alpha value is -0.890. The summed E-state index contributed by atoms with van der Waals surface area (Å²) in [5.41, 5.74) is 2.31. The molecular formula is C11H15NO. The quantitative estimate of drug-likeness (QED) is 0.707. The van der Waals surface area contributed by atoms with E-state index in [0.29, 0.717) is 0 Å². The third-order valence-corrected chi connectivity index (χ3v) is 2.99. The Morgan fingerprint density at radius 3 is 3.23 bits per heavy atom. The molecule has 1 N–H and O–H groups in total. The maximum absolute atomic E-state index is 9.36. The fourth-order valence-corrected chi connectivity index (χ4v) is 2.13. The zero-order chi connectivity index (χ0) is 9.31. The van der Waals surface area contributed by atoms with Crippen LogP contribution in [0.15, 0.2) is 18.3 Å². The van der Waals surface area contributed by atoms with E-state index in [1.54, 1.807) is 0 Å². The summed E-state index contributed by atoms with van der Waals surface area (Å²) < 4.78 is 0. The Morgan fingerprint density at radius 2 is 2.46 bits per heavy atom. The van der Waals surface area contributed by atoms with Crippen molar-refractivity contribution in [1.82, 2.24) is 4.98 Å². The van der Waals surface area contributed by atoms with Gasteiger partial charge in [-0.2, -0.15) is 0 Å². The fourth-order valence-electron chi connectivity index (χ4n) is 2.13. The number of hydrogen-bond acceptors (Lipinski definition) is 2. The van der Waals surface area contributed by atoms with E-state index in [-0.39, 0.29) is 12.0 Å². The molecule has 0 aromatic carbocycles. The smallest absolute Gasteiger partial charge is 0.0540 e. The lowest BCUT2D eigenvalue weighted by molar-refractivity contribution is 0.184. The molecule has 0 fully saturated rings. The van der Waals surface area contributed by atoms with Gasteiger partial charge in [0, 0.05) is 11.6 Å². The first-order valence-electron chi connectivity index (χ1n) is 4.81. The molecule has 1 aromatic rings. The first-order valence-corrected chi connectivity index (χ1v) is 4.81. The van der Waals surface area contributed by atoms with E-state index in [1.165, 1.54) is 5.56 Å². The van der Waals surface area contributed by atoms with Gasteiger partial charge in [0.25, 0.3) is 0 Å². The normalized spacial score (nSPS) is 26.9. The number of fused-ring (bicyclic) bond motifs is 1. The van der Waals surface area contributed by atoms with Crippen LogP contribution < -0.4 is 0 Å². The third-order valence-electron chi connectivity index (χ3n) is 2.99. The minimum Gasteiger partial charge on any atom is -0.395 e. The molecule has 0 aliphatic heterocycles. The second-order valence-corrected chi connectivity index (χ2v) is 4.08. The summed E-state index contributed by atoms with van der Waals surface area (Å²) in [7, 11) is 0. The van der Waals surface area contributed by atoms with Gasteiger partial charge in [0.1, 0.15) is 0 Å². The minimum absolute atomic E-state index is 0.102. The van der Waals surface area contributed by atoms with E-state index in [1.807, 2.05) is 12.3 Å². The first-order chi connectivity index (χ1) is 6.26. The van der Waals surface area contributed by atoms with Gasteiger partial charge in [0.2, 0.25) is 0 Å². The van der Waals surface area contributed by atoms with Crippen molar-refractivity contribution in [2.24, 2.45) is 0 Å². The van der Waals surface area contributed by atoms with Crippen LogP contribution in [0, 0.1) is 0 Å². The summed E-state index contributed by atoms with van der Waals surface area (Å²) in [6, 6.07) is 4.09. The standard InChI is InChI=1S/C11H15NO/c1-11(8-13)6-2-4-9-5-3-7-12-10(9)11/h3,5,7,13H,2,4,6,8H2,1H3/t11-/m0/s1. The molecule has 2 rings (SSSR count). The van der Waals surface area contributed by atoms with E-state index >= 15 is 0 Å². The molecule has 0 spiro atoms. The van der Waals surface area contributed by atoms with Crippen molar-refractivity contribution in [1.29, 1.82) is 0 Å². The monoisotopic (exact) mass is 177 g/mol. The predicted octanol–water partition coefficient (Wildman–Crippen LogP) is 1.67. The molecule has 1 aromatic heterocycles. The van der Waals surface area contributed by atoms with Gasteiger partial charge in [-0.05, 0) is 30.9 Å². The van der Waals surface area contributed by atoms with E-state index in [2.05, 4.69) is 18.0 Å². The van der Waals surface area contributed by atoms with Crippen LogP contribution in [0.25, 0.3) is 0 Å². The van der Waals surface area contributed by atoms with Crippen LogP contribution in [0.5, 0.6) is 0 Å². The van der Waals surface area contributed by atoms with Crippen molar-refractivity contribution >= 4 is 0 Å². The van der Waals surface area contributed by atoms with E-state index < -0.39 is 0 Å². The number of pyridine rings is 1. The maximum atomic E-state index is 9.36. The van der Waals surface area contributed by atoms with Crippen LogP contribution >= 0.6 is 0 Å². The summed E-state index contributed by atoms with van der Waals surface area (Å²) in [6.45, 7) is 2.30. The van der Waals surface area contributed by atoms with Gasteiger partial charge >= 0.3 is 0 Å². The minimum atomic E-state index is -0.102. The highest BCUT2D eigenvalue weighted by molar-refractivity contribution is 5.29. The van der Waals surface area contributed by atoms with E-state index in [0.717, 1.165) is 25.0 Å². The summed E-state index contributed by atoms with van der Waals surface area (Å²) in [5, 5.41) is 9.36. The second-order valence-electron chi connectivity index (χ2n) is 4.08. The highest BCUT2D eigenvalue weighted by Gasteiger charge is 2.32. The van der Waals surface area contributed by atoms with Gasteiger partial charge in [-0.25, -0.2) is 0 Å². The lowest BCUT2D eigenvalue weighted by Crippen LogP contribution is -2.32. The zero-order valence-electron chi connectivity index (χ0n) is 7.95. The van der Waals surface area contributed by atoms with Crippen LogP contribution in [-0.4, -0.2) is 16.7 Å². The molecule has 0 amide bonds. The number of rotatable bonds is 1. The largest absolute Gasteiger partial charge is 0.395 e. The number of aromatic nitrogens is 1. The van der Waals surface area contributed by atoms with Gasteiger partial charge in [0.05, 0.1) is 12.3 Å². The fraction of sp³-hybridized carbons (Fsp3) is 0.545. The Balaban J connectivity index is 2.48. The molecule has 0 unspecified atom stereocenters. The second kappa shape index (κ2) is 3.11. The van der Waals surface area contributed by atoms with Crippen molar-refractivity contribution in [3.63, 3.8) is 0 Å². The van der Waals surface area contributed by atoms with Crippen LogP contribution in [0.3, 0.4) is 0 Å². The summed E-state index contributed by atoms with van der Waals surface area (Å²) >= 11 is 0. The van der Waals surface area contributed by atoms with Gasteiger partial charge in [-0.15, -0.1) is 0 Å². The maximum Gasteiger partial charge on any atom is 0.0540 e. The molecule has 0 radical (unpaired) electrons. The van der Waals surface area contributed by atoms with Crippen molar-refractivity contribution in [2.45, 2.75) is 31.6 Å². The SMILES string of the molecule is C[C@@]1(CO)CCCc2cccnc21. The average molecular weight is 177 g/mol. The highest BCUT2D eigenvalue weighted by atomic mass is 16.3. The molecule has 70 valence electrons. The first kappa shape index (κ1) is 8.70. The van der Waals surface area contributed by atoms with Gasteiger partial charge in [0.15, 0.2) is 0 Å². The van der Waals surface area contributed by atoms with Crippen LogP contribution in [0.2, 0.25) is 0 Å². The van der Waals surface area contributed by atoms with Crippen molar-refractivity contribution in [3.05, 3.63) is 29.6 Å². The molecule has 0 saturated heterocycles. The van der Waals surface area contributed by atoms with Gasteiger partial charge < -0.3 is 5.11 Å². The topological polar surface area (TPSA) is 33.1 Å². The molecule has 1 aliphatic carbocycles. The Kier molecular flexibility index (Phi) is 2.08. The van der Waals surface area contributed by atoms with Crippen LogP contribution in [0.4, 0.5) is 0 Å². The van der Waals surface area contributed by atoms with Gasteiger partial charge in [-0.1, -0.05) is 13.0 Å². The Labute approximate surface area is 78.6 Å². The summed E-state index contributed by atoms with van der Waals surface area (Å²) in [4.78, 5) is 4.38. The molecular weight excluding hydrogens is 162 g/mol. The summed E-state index contributed by atoms with van der Waals surface area (Å²) in [6.07, 6.45) is 5.14. The number of hydrogen-bond donors (Lipinski definition) is 1. The summed E-state index contributed by atoms with van der Waals surface area (Å²) in [5.74, 6) is 0. The average Bonchev–Trinajstić information content (AvgIpc) is 2.19. The number of aryl methyl sites for hydroxylation is 1. The van der Waals surface area contributed by atoms with Crippen molar-refractivity contribution in [2.75, 3.05) is 6.61 Å². The molecule has 1 atom stereocenters. The molecule has 1 aliphatic rings. The Bertz CT molecular complexity index is 311. The number of nitrogens with zero attached hydrogens (tertiary/aromatic N) is 1. The Morgan fingerprint density at radius 1 is 1.62 bits per heavy atom. The van der Waals surface area contributed by atoms with Crippen LogP contribution in [-0.2, 0) is 11.8 Å². The van der Waals surface area contributed by atoms with Crippen molar-refractivity contribution in [3.8, 4) is 0 Å². The third kappa shape index (κ3) is 1.35. The zero-order valence-corrected chi connectivity index (χ0v) is 7.95. The molecule has 1 heterocycles. The predicted molar refractivity (Wildman–Crippen MR) is 51.6 cm³/mol. The highest BCUT2D eigenvalue weighted by Crippen LogP contribution is 2.34. The molecule has 2 heteroatoms. The van der Waals surface area contributed by atoms with Crippen molar-refractivity contribution < 1.29 is 5.11 Å². The van der Waals surface area contributed by atoms with E-state index in [4.69, 9.17) is 0 Å². The van der Waals surface area contributed by atoms with E-state index in [9.17, 15) is 5.11 Å². The molecule has 13 heavy (non-hydrogen) atoms. The molecule has 2 nitrogen and oxygen atoms in total. The van der Waals surface area contributed by atoms with Gasteiger partial charge in [-0.3, -0.25) is 4.98 Å². The number of aliphatic hydroxyl groups excluding tert-OH is 1. The molecule has 0 bridgehead atoms. The lowest BCUT2D eigenvalue weighted by atomic mass is 9.75. The lowest BCUT2D eigenvalue weighted by Gasteiger charge is -2.32. The number of aliphatic hydroxyl groups is 1.